The molecule has 3 rings (SSSR count). The highest BCUT2D eigenvalue weighted by Crippen LogP contribution is 2.19. The zero-order valence-electron chi connectivity index (χ0n) is 12.5. The summed E-state index contributed by atoms with van der Waals surface area (Å²) >= 11 is 0. The average molecular weight is 290 g/mol. The Balaban J connectivity index is 1.74. The zero-order chi connectivity index (χ0) is 15.4. The van der Waals surface area contributed by atoms with Gasteiger partial charge in [-0.15, -0.1) is 0 Å². The summed E-state index contributed by atoms with van der Waals surface area (Å²) in [5.41, 5.74) is 1.91. The van der Waals surface area contributed by atoms with Gasteiger partial charge in [-0.25, -0.2) is 0 Å². The number of pyridine rings is 1. The molecule has 0 unspecified atom stereocenters. The van der Waals surface area contributed by atoms with Gasteiger partial charge in [-0.1, -0.05) is 48.5 Å². The number of fused-ring (bicyclic) bond motifs is 1. The lowest BCUT2D eigenvalue weighted by molar-refractivity contribution is -0.121. The zero-order valence-corrected chi connectivity index (χ0v) is 12.5. The minimum atomic E-state index is -0.0938. The van der Waals surface area contributed by atoms with E-state index in [1.807, 2.05) is 49.4 Å². The maximum atomic E-state index is 12.3. The quantitative estimate of drug-likeness (QED) is 0.797. The molecule has 1 amide bonds. The highest BCUT2D eigenvalue weighted by atomic mass is 16.1. The van der Waals surface area contributed by atoms with Crippen LogP contribution in [0.4, 0.5) is 0 Å². The van der Waals surface area contributed by atoms with Crippen LogP contribution in [0.5, 0.6) is 0 Å². The molecule has 0 aliphatic heterocycles. The second-order valence-electron chi connectivity index (χ2n) is 5.36. The third-order valence-electron chi connectivity index (χ3n) is 3.74. The van der Waals surface area contributed by atoms with Gasteiger partial charge >= 0.3 is 0 Å². The lowest BCUT2D eigenvalue weighted by Gasteiger charge is -2.14. The average Bonchev–Trinajstić information content (AvgIpc) is 2.56. The topological polar surface area (TPSA) is 42.0 Å². The summed E-state index contributed by atoms with van der Waals surface area (Å²) < 4.78 is 0. The summed E-state index contributed by atoms with van der Waals surface area (Å²) in [5.74, 6) is 0.00880. The number of hydrogen-bond donors (Lipinski definition) is 1. The fraction of sp³-hybridized carbons (Fsp3) is 0.158. The molecule has 0 bridgehead atoms. The molecule has 0 fully saturated rings. The summed E-state index contributed by atoms with van der Waals surface area (Å²) in [7, 11) is 0. The predicted molar refractivity (Wildman–Crippen MR) is 88.4 cm³/mol. The second kappa shape index (κ2) is 6.39. The molecule has 22 heavy (non-hydrogen) atoms. The van der Waals surface area contributed by atoms with Crippen molar-refractivity contribution in [3.8, 4) is 0 Å². The number of carbonyl (C=O) groups excluding carboxylic acids is 1. The number of amides is 1. The van der Waals surface area contributed by atoms with Crippen molar-refractivity contribution in [2.45, 2.75) is 19.4 Å². The van der Waals surface area contributed by atoms with Gasteiger partial charge in [0, 0.05) is 6.20 Å². The Hall–Kier alpha value is -2.68. The molecule has 1 heterocycles. The van der Waals surface area contributed by atoms with Crippen molar-refractivity contribution in [2.24, 2.45) is 0 Å². The molecule has 0 radical (unpaired) electrons. The summed E-state index contributed by atoms with van der Waals surface area (Å²) in [5, 5.41) is 5.30. The molecule has 0 spiro atoms. The van der Waals surface area contributed by atoms with Crippen LogP contribution in [0.25, 0.3) is 10.8 Å². The maximum Gasteiger partial charge on any atom is 0.224 e. The summed E-state index contributed by atoms with van der Waals surface area (Å²) in [4.78, 5) is 16.6. The van der Waals surface area contributed by atoms with Crippen molar-refractivity contribution in [3.05, 3.63) is 78.1 Å². The van der Waals surface area contributed by atoms with Crippen LogP contribution >= 0.6 is 0 Å². The number of nitrogens with zero attached hydrogens (tertiary/aromatic N) is 1. The molecule has 0 saturated heterocycles. The highest BCUT2D eigenvalue weighted by Gasteiger charge is 2.12. The van der Waals surface area contributed by atoms with Gasteiger partial charge in [-0.05, 0) is 35.4 Å². The van der Waals surface area contributed by atoms with E-state index < -0.39 is 0 Å². The largest absolute Gasteiger partial charge is 0.348 e. The normalized spacial score (nSPS) is 12.0. The van der Waals surface area contributed by atoms with Crippen molar-refractivity contribution in [2.75, 3.05) is 0 Å². The smallest absolute Gasteiger partial charge is 0.224 e. The molecule has 110 valence electrons. The Morgan fingerprint density at radius 1 is 1.05 bits per heavy atom. The molecule has 1 aromatic heterocycles. The molecule has 3 heteroatoms. The SMILES string of the molecule is C[C@H](NC(=O)Cc1cccc2ccccc12)c1ccccn1. The van der Waals surface area contributed by atoms with Crippen LogP contribution in [0.3, 0.4) is 0 Å². The van der Waals surface area contributed by atoms with Crippen LogP contribution in [0.2, 0.25) is 0 Å². The van der Waals surface area contributed by atoms with Gasteiger partial charge in [-0.2, -0.15) is 0 Å². The van der Waals surface area contributed by atoms with Gasteiger partial charge in [0.1, 0.15) is 0 Å². The second-order valence-corrected chi connectivity index (χ2v) is 5.36. The van der Waals surface area contributed by atoms with Crippen molar-refractivity contribution < 1.29 is 4.79 Å². The van der Waals surface area contributed by atoms with E-state index in [1.54, 1.807) is 6.20 Å². The molecule has 1 N–H and O–H groups in total. The van der Waals surface area contributed by atoms with E-state index in [4.69, 9.17) is 0 Å². The van der Waals surface area contributed by atoms with Crippen LogP contribution in [0.15, 0.2) is 66.9 Å². The van der Waals surface area contributed by atoms with Gasteiger partial charge in [-0.3, -0.25) is 9.78 Å². The molecule has 3 aromatic rings. The third-order valence-corrected chi connectivity index (χ3v) is 3.74. The van der Waals surface area contributed by atoms with Gasteiger partial charge in [0.25, 0.3) is 0 Å². The Morgan fingerprint density at radius 2 is 1.82 bits per heavy atom. The lowest BCUT2D eigenvalue weighted by atomic mass is 10.0. The predicted octanol–water partition coefficient (Wildman–Crippen LogP) is 3.65. The molecule has 0 aliphatic rings. The Bertz CT molecular complexity index is 778. The fourth-order valence-electron chi connectivity index (χ4n) is 2.62. The van der Waals surface area contributed by atoms with Crippen LogP contribution < -0.4 is 5.32 Å². The third kappa shape index (κ3) is 3.14. The molecular formula is C19H18N2O. The minimum Gasteiger partial charge on any atom is -0.348 e. The van der Waals surface area contributed by atoms with Gasteiger partial charge in [0.05, 0.1) is 18.2 Å². The van der Waals surface area contributed by atoms with Gasteiger partial charge in [0.2, 0.25) is 5.91 Å². The summed E-state index contributed by atoms with van der Waals surface area (Å²) in [6.45, 7) is 1.95. The first kappa shape index (κ1) is 14.3. The minimum absolute atomic E-state index is 0.00880. The first-order valence-electron chi connectivity index (χ1n) is 7.41. The maximum absolute atomic E-state index is 12.3. The van der Waals surface area contributed by atoms with E-state index in [-0.39, 0.29) is 11.9 Å². The number of carbonyl (C=O) groups is 1. The molecular weight excluding hydrogens is 272 g/mol. The van der Waals surface area contributed by atoms with E-state index in [0.717, 1.165) is 22.0 Å². The van der Waals surface area contributed by atoms with Crippen molar-refractivity contribution in [1.29, 1.82) is 0 Å². The van der Waals surface area contributed by atoms with Crippen LogP contribution in [-0.4, -0.2) is 10.9 Å². The van der Waals surface area contributed by atoms with Crippen LogP contribution in [-0.2, 0) is 11.2 Å². The number of nitrogens with one attached hydrogen (secondary N) is 1. The Kier molecular flexibility index (Phi) is 4.15. The summed E-state index contributed by atoms with van der Waals surface area (Å²) in [6, 6.07) is 19.8. The van der Waals surface area contributed by atoms with Crippen molar-refractivity contribution >= 4 is 16.7 Å². The molecule has 0 saturated carbocycles. The van der Waals surface area contributed by atoms with E-state index >= 15 is 0 Å². The van der Waals surface area contributed by atoms with Crippen molar-refractivity contribution in [3.63, 3.8) is 0 Å². The van der Waals surface area contributed by atoms with Gasteiger partial charge in [0.15, 0.2) is 0 Å². The molecule has 0 aliphatic carbocycles. The van der Waals surface area contributed by atoms with E-state index in [9.17, 15) is 4.79 Å². The number of aromatic nitrogens is 1. The first-order valence-corrected chi connectivity index (χ1v) is 7.41. The fourth-order valence-corrected chi connectivity index (χ4v) is 2.62. The Labute approximate surface area is 130 Å². The number of benzene rings is 2. The van der Waals surface area contributed by atoms with E-state index in [2.05, 4.69) is 28.5 Å². The van der Waals surface area contributed by atoms with Crippen LogP contribution in [0.1, 0.15) is 24.2 Å². The molecule has 3 nitrogen and oxygen atoms in total. The molecule has 2 aromatic carbocycles. The van der Waals surface area contributed by atoms with Crippen molar-refractivity contribution in [1.82, 2.24) is 10.3 Å². The lowest BCUT2D eigenvalue weighted by Crippen LogP contribution is -2.28. The highest BCUT2D eigenvalue weighted by molar-refractivity contribution is 5.90. The monoisotopic (exact) mass is 290 g/mol. The number of rotatable bonds is 4. The first-order chi connectivity index (χ1) is 10.7. The Morgan fingerprint density at radius 3 is 2.64 bits per heavy atom. The summed E-state index contributed by atoms with van der Waals surface area (Å²) in [6.07, 6.45) is 2.11. The molecule has 1 atom stereocenters. The van der Waals surface area contributed by atoms with Crippen LogP contribution in [0, 0.1) is 0 Å². The number of hydrogen-bond acceptors (Lipinski definition) is 2. The van der Waals surface area contributed by atoms with E-state index in [1.165, 1.54) is 0 Å². The van der Waals surface area contributed by atoms with E-state index in [0.29, 0.717) is 6.42 Å². The standard InChI is InChI=1S/C19H18N2O/c1-14(18-11-4-5-12-20-18)21-19(22)13-16-9-6-8-15-7-2-3-10-17(15)16/h2-12,14H,13H2,1H3,(H,21,22)/t14-/m0/s1. The van der Waals surface area contributed by atoms with Gasteiger partial charge < -0.3 is 5.32 Å².